The second-order valence-electron chi connectivity index (χ2n) is 6.65. The molecule has 1 aliphatic rings. The van der Waals surface area contributed by atoms with E-state index in [1.807, 2.05) is 32.9 Å². The van der Waals surface area contributed by atoms with E-state index in [-0.39, 0.29) is 5.69 Å². The zero-order valence-corrected chi connectivity index (χ0v) is 15.2. The van der Waals surface area contributed by atoms with Crippen LogP contribution in [0.1, 0.15) is 41.7 Å². The fourth-order valence-corrected chi connectivity index (χ4v) is 3.35. The Balaban J connectivity index is 1.67. The highest BCUT2D eigenvalue weighted by Crippen LogP contribution is 2.25. The SMILES string of the molecule is Cc1cc(C)n(CCNc2cc(C3CCNCC3)nc(C)n2)c(=O)n1. The monoisotopic (exact) mass is 342 g/mol. The fourth-order valence-electron chi connectivity index (χ4n) is 3.35. The van der Waals surface area contributed by atoms with Crippen molar-refractivity contribution in [3.8, 4) is 0 Å². The maximum Gasteiger partial charge on any atom is 0.348 e. The van der Waals surface area contributed by atoms with E-state index in [1.165, 1.54) is 0 Å². The Morgan fingerprint density at radius 3 is 2.64 bits per heavy atom. The van der Waals surface area contributed by atoms with Gasteiger partial charge in [0.25, 0.3) is 0 Å². The van der Waals surface area contributed by atoms with Gasteiger partial charge in [-0.15, -0.1) is 0 Å². The van der Waals surface area contributed by atoms with E-state index in [1.54, 1.807) is 4.57 Å². The number of nitrogens with one attached hydrogen (secondary N) is 2. The predicted octanol–water partition coefficient (Wildman–Crippen LogP) is 1.54. The molecule has 0 spiro atoms. The summed E-state index contributed by atoms with van der Waals surface area (Å²) in [7, 11) is 0. The van der Waals surface area contributed by atoms with Crippen LogP contribution in [0.25, 0.3) is 0 Å². The third kappa shape index (κ3) is 4.42. The summed E-state index contributed by atoms with van der Waals surface area (Å²) < 4.78 is 1.68. The molecule has 0 aromatic carbocycles. The van der Waals surface area contributed by atoms with E-state index in [2.05, 4.69) is 25.6 Å². The minimum atomic E-state index is -0.200. The molecule has 0 bridgehead atoms. The first kappa shape index (κ1) is 17.5. The Morgan fingerprint density at radius 2 is 1.92 bits per heavy atom. The molecule has 134 valence electrons. The Labute approximate surface area is 147 Å². The van der Waals surface area contributed by atoms with Crippen molar-refractivity contribution in [3.63, 3.8) is 0 Å². The van der Waals surface area contributed by atoms with Crippen molar-refractivity contribution in [1.29, 1.82) is 0 Å². The fraction of sp³-hybridized carbons (Fsp3) is 0.556. The van der Waals surface area contributed by atoms with Crippen LogP contribution in [0.5, 0.6) is 0 Å². The maximum absolute atomic E-state index is 12.0. The van der Waals surface area contributed by atoms with Crippen molar-refractivity contribution >= 4 is 5.82 Å². The van der Waals surface area contributed by atoms with Crippen LogP contribution < -0.4 is 16.3 Å². The molecule has 1 fully saturated rings. The van der Waals surface area contributed by atoms with E-state index >= 15 is 0 Å². The molecule has 2 N–H and O–H groups in total. The van der Waals surface area contributed by atoms with Crippen LogP contribution in [-0.2, 0) is 6.54 Å². The summed E-state index contributed by atoms with van der Waals surface area (Å²) in [5.41, 5.74) is 2.59. The average molecular weight is 342 g/mol. The number of hydrogen-bond acceptors (Lipinski definition) is 6. The second kappa shape index (κ2) is 7.74. The van der Waals surface area contributed by atoms with Crippen molar-refractivity contribution in [3.05, 3.63) is 45.5 Å². The molecule has 2 aromatic heterocycles. The van der Waals surface area contributed by atoms with Gasteiger partial charge < -0.3 is 10.6 Å². The molecule has 1 saturated heterocycles. The van der Waals surface area contributed by atoms with Crippen LogP contribution in [0, 0.1) is 20.8 Å². The van der Waals surface area contributed by atoms with Crippen molar-refractivity contribution in [1.82, 2.24) is 24.8 Å². The molecule has 7 heteroatoms. The zero-order valence-electron chi connectivity index (χ0n) is 15.2. The van der Waals surface area contributed by atoms with E-state index in [4.69, 9.17) is 0 Å². The van der Waals surface area contributed by atoms with Gasteiger partial charge in [0.2, 0.25) is 0 Å². The highest BCUT2D eigenvalue weighted by molar-refractivity contribution is 5.37. The Hall–Kier alpha value is -2.28. The third-order valence-corrected chi connectivity index (χ3v) is 4.60. The summed E-state index contributed by atoms with van der Waals surface area (Å²) in [4.78, 5) is 25.1. The summed E-state index contributed by atoms with van der Waals surface area (Å²) in [5.74, 6) is 2.10. The highest BCUT2D eigenvalue weighted by atomic mass is 16.1. The van der Waals surface area contributed by atoms with Crippen molar-refractivity contribution < 1.29 is 0 Å². The first-order valence-electron chi connectivity index (χ1n) is 8.88. The molecular formula is C18H26N6O. The molecule has 7 nitrogen and oxygen atoms in total. The number of anilines is 1. The molecule has 0 radical (unpaired) electrons. The lowest BCUT2D eigenvalue weighted by Crippen LogP contribution is -2.28. The lowest BCUT2D eigenvalue weighted by atomic mass is 9.94. The number of aryl methyl sites for hydroxylation is 3. The van der Waals surface area contributed by atoms with Crippen LogP contribution in [-0.4, -0.2) is 39.2 Å². The second-order valence-corrected chi connectivity index (χ2v) is 6.65. The molecule has 1 aliphatic heterocycles. The Bertz CT molecular complexity index is 795. The Morgan fingerprint density at radius 1 is 1.16 bits per heavy atom. The third-order valence-electron chi connectivity index (χ3n) is 4.60. The number of piperidine rings is 1. The topological polar surface area (TPSA) is 84.7 Å². The normalized spacial score (nSPS) is 15.3. The number of rotatable bonds is 5. The molecule has 0 unspecified atom stereocenters. The predicted molar refractivity (Wildman–Crippen MR) is 98.1 cm³/mol. The van der Waals surface area contributed by atoms with Gasteiger partial charge in [-0.2, -0.15) is 4.98 Å². The van der Waals surface area contributed by atoms with Crippen LogP contribution in [0.2, 0.25) is 0 Å². The van der Waals surface area contributed by atoms with Gasteiger partial charge in [0.05, 0.1) is 0 Å². The summed E-state index contributed by atoms with van der Waals surface area (Å²) in [5, 5.41) is 6.71. The summed E-state index contributed by atoms with van der Waals surface area (Å²) in [6, 6.07) is 3.97. The summed E-state index contributed by atoms with van der Waals surface area (Å²) in [6.07, 6.45) is 2.22. The first-order valence-corrected chi connectivity index (χ1v) is 8.88. The number of nitrogens with zero attached hydrogens (tertiary/aromatic N) is 4. The summed E-state index contributed by atoms with van der Waals surface area (Å²) >= 11 is 0. The number of aromatic nitrogens is 4. The Kier molecular flexibility index (Phi) is 5.43. The van der Waals surface area contributed by atoms with Gasteiger partial charge in [0.1, 0.15) is 11.6 Å². The maximum atomic E-state index is 12.0. The van der Waals surface area contributed by atoms with Gasteiger partial charge in [-0.3, -0.25) is 4.57 Å². The molecule has 3 heterocycles. The van der Waals surface area contributed by atoms with Crippen LogP contribution in [0.4, 0.5) is 5.82 Å². The van der Waals surface area contributed by atoms with Crippen molar-refractivity contribution in [2.75, 3.05) is 25.0 Å². The van der Waals surface area contributed by atoms with Gasteiger partial charge in [0.15, 0.2) is 0 Å². The minimum absolute atomic E-state index is 0.200. The number of hydrogen-bond donors (Lipinski definition) is 2. The largest absolute Gasteiger partial charge is 0.368 e. The lowest BCUT2D eigenvalue weighted by Gasteiger charge is -2.22. The van der Waals surface area contributed by atoms with Crippen LogP contribution in [0.3, 0.4) is 0 Å². The molecule has 0 amide bonds. The van der Waals surface area contributed by atoms with Crippen LogP contribution in [0.15, 0.2) is 16.9 Å². The molecule has 3 rings (SSSR count). The van der Waals surface area contributed by atoms with E-state index in [0.29, 0.717) is 19.0 Å². The molecule has 0 saturated carbocycles. The minimum Gasteiger partial charge on any atom is -0.368 e. The quantitative estimate of drug-likeness (QED) is 0.857. The molecule has 0 atom stereocenters. The molecule has 0 aliphatic carbocycles. The highest BCUT2D eigenvalue weighted by Gasteiger charge is 2.17. The molecular weight excluding hydrogens is 316 g/mol. The average Bonchev–Trinajstić information content (AvgIpc) is 2.57. The van der Waals surface area contributed by atoms with Gasteiger partial charge >= 0.3 is 5.69 Å². The van der Waals surface area contributed by atoms with Gasteiger partial charge in [-0.25, -0.2) is 14.8 Å². The van der Waals surface area contributed by atoms with E-state index in [9.17, 15) is 4.79 Å². The smallest absolute Gasteiger partial charge is 0.348 e. The standard InChI is InChI=1S/C18H26N6O/c1-12-10-13(2)24(18(25)21-12)9-8-20-17-11-16(22-14(3)23-17)15-4-6-19-7-5-15/h10-11,15,19H,4-9H2,1-3H3,(H,20,22,23). The first-order chi connectivity index (χ1) is 12.0. The van der Waals surface area contributed by atoms with Gasteiger partial charge in [-0.05, 0) is 52.8 Å². The van der Waals surface area contributed by atoms with Crippen LogP contribution >= 0.6 is 0 Å². The van der Waals surface area contributed by atoms with Crippen molar-refractivity contribution in [2.24, 2.45) is 0 Å². The van der Waals surface area contributed by atoms with Crippen molar-refractivity contribution in [2.45, 2.75) is 46.1 Å². The molecule has 2 aromatic rings. The van der Waals surface area contributed by atoms with E-state index < -0.39 is 0 Å². The van der Waals surface area contributed by atoms with Gasteiger partial charge in [0, 0.05) is 42.2 Å². The van der Waals surface area contributed by atoms with E-state index in [0.717, 1.165) is 54.7 Å². The van der Waals surface area contributed by atoms with Gasteiger partial charge in [-0.1, -0.05) is 0 Å². The zero-order chi connectivity index (χ0) is 17.8. The lowest BCUT2D eigenvalue weighted by molar-refractivity contribution is 0.452. The summed E-state index contributed by atoms with van der Waals surface area (Å²) in [6.45, 7) is 8.95. The molecule has 25 heavy (non-hydrogen) atoms.